The number of nitrogens with zero attached hydrogens (tertiary/aromatic N) is 1. The predicted octanol–water partition coefficient (Wildman–Crippen LogP) is 2.41. The number of halogens is 1. The molecule has 2 N–H and O–H groups in total. The SMILES string of the molecule is Nc1cc(Br)ccc1SC1CC(=O)N(C2CC2)C1=O. The highest BCUT2D eigenvalue weighted by Crippen LogP contribution is 2.39. The van der Waals surface area contributed by atoms with Crippen molar-refractivity contribution in [2.75, 3.05) is 5.73 Å². The lowest BCUT2D eigenvalue weighted by atomic mass is 10.3. The normalized spacial score (nSPS) is 23.2. The molecular formula is C13H13BrN2O2S. The smallest absolute Gasteiger partial charge is 0.243 e. The number of nitrogens with two attached hydrogens (primary N) is 1. The monoisotopic (exact) mass is 340 g/mol. The van der Waals surface area contributed by atoms with Gasteiger partial charge in [-0.15, -0.1) is 11.8 Å². The van der Waals surface area contributed by atoms with Crippen molar-refractivity contribution < 1.29 is 9.59 Å². The quantitative estimate of drug-likeness (QED) is 0.677. The first-order valence-corrected chi connectivity index (χ1v) is 7.81. The Balaban J connectivity index is 1.76. The lowest BCUT2D eigenvalue weighted by Gasteiger charge is -2.14. The van der Waals surface area contributed by atoms with E-state index >= 15 is 0 Å². The van der Waals surface area contributed by atoms with Crippen LogP contribution >= 0.6 is 27.7 Å². The number of imide groups is 1. The lowest BCUT2D eigenvalue weighted by molar-refractivity contribution is -0.138. The molecule has 1 unspecified atom stereocenters. The van der Waals surface area contributed by atoms with Crippen LogP contribution in [-0.2, 0) is 9.59 Å². The van der Waals surface area contributed by atoms with Crippen molar-refractivity contribution in [3.05, 3.63) is 22.7 Å². The van der Waals surface area contributed by atoms with Crippen LogP contribution in [0.1, 0.15) is 19.3 Å². The number of carbonyl (C=O) groups is 2. The molecule has 0 aromatic heterocycles. The third-order valence-electron chi connectivity index (χ3n) is 3.29. The minimum Gasteiger partial charge on any atom is -0.398 e. The first-order valence-electron chi connectivity index (χ1n) is 6.14. The van der Waals surface area contributed by atoms with Crippen molar-refractivity contribution in [1.29, 1.82) is 0 Å². The van der Waals surface area contributed by atoms with E-state index in [1.165, 1.54) is 16.7 Å². The predicted molar refractivity (Wildman–Crippen MR) is 77.7 cm³/mol. The van der Waals surface area contributed by atoms with Crippen LogP contribution in [0.25, 0.3) is 0 Å². The molecule has 6 heteroatoms. The Hall–Kier alpha value is -1.01. The molecule has 1 aromatic rings. The Labute approximate surface area is 123 Å². The Morgan fingerprint density at radius 3 is 2.68 bits per heavy atom. The van der Waals surface area contributed by atoms with Crippen LogP contribution in [0.2, 0.25) is 0 Å². The van der Waals surface area contributed by atoms with Crippen LogP contribution in [0.4, 0.5) is 5.69 Å². The number of carbonyl (C=O) groups excluding carboxylic acids is 2. The molecule has 1 aliphatic carbocycles. The Morgan fingerprint density at radius 1 is 1.32 bits per heavy atom. The third-order valence-corrected chi connectivity index (χ3v) is 5.07. The summed E-state index contributed by atoms with van der Waals surface area (Å²) < 4.78 is 0.905. The van der Waals surface area contributed by atoms with E-state index in [4.69, 9.17) is 5.73 Å². The van der Waals surface area contributed by atoms with E-state index in [0.29, 0.717) is 5.69 Å². The summed E-state index contributed by atoms with van der Waals surface area (Å²) >= 11 is 4.74. The molecule has 0 radical (unpaired) electrons. The van der Waals surface area contributed by atoms with E-state index in [-0.39, 0.29) is 29.5 Å². The molecule has 0 spiro atoms. The van der Waals surface area contributed by atoms with Crippen molar-refractivity contribution in [3.63, 3.8) is 0 Å². The molecule has 1 heterocycles. The van der Waals surface area contributed by atoms with Gasteiger partial charge in [0.2, 0.25) is 11.8 Å². The van der Waals surface area contributed by atoms with E-state index in [1.807, 2.05) is 18.2 Å². The second-order valence-electron chi connectivity index (χ2n) is 4.83. The Bertz CT molecular complexity index is 560. The first kappa shape index (κ1) is 13.0. The largest absolute Gasteiger partial charge is 0.398 e. The number of hydrogen-bond acceptors (Lipinski definition) is 4. The van der Waals surface area contributed by atoms with Crippen LogP contribution < -0.4 is 5.73 Å². The molecule has 1 saturated carbocycles. The topological polar surface area (TPSA) is 63.4 Å². The molecule has 0 bridgehead atoms. The molecule has 1 saturated heterocycles. The highest BCUT2D eigenvalue weighted by atomic mass is 79.9. The van der Waals surface area contributed by atoms with Gasteiger partial charge >= 0.3 is 0 Å². The first-order chi connectivity index (χ1) is 9.06. The summed E-state index contributed by atoms with van der Waals surface area (Å²) in [5, 5.41) is -0.323. The second-order valence-corrected chi connectivity index (χ2v) is 6.99. The molecule has 1 aromatic carbocycles. The van der Waals surface area contributed by atoms with E-state index in [9.17, 15) is 9.59 Å². The molecule has 1 aliphatic heterocycles. The van der Waals surface area contributed by atoms with E-state index < -0.39 is 0 Å². The Kier molecular flexibility index (Phi) is 3.30. The number of hydrogen-bond donors (Lipinski definition) is 1. The number of rotatable bonds is 3. The maximum absolute atomic E-state index is 12.2. The standard InChI is InChI=1S/C13H13BrN2O2S/c14-7-1-4-10(9(15)5-7)19-11-6-12(17)16(13(11)18)8-2-3-8/h1,4-5,8,11H,2-3,6,15H2. The summed E-state index contributed by atoms with van der Waals surface area (Å²) in [6.07, 6.45) is 2.19. The Morgan fingerprint density at radius 2 is 2.05 bits per heavy atom. The van der Waals surface area contributed by atoms with Crippen molar-refractivity contribution >= 4 is 45.2 Å². The molecular weight excluding hydrogens is 328 g/mol. The van der Waals surface area contributed by atoms with Gasteiger partial charge in [0.05, 0.1) is 5.25 Å². The van der Waals surface area contributed by atoms with Gasteiger partial charge in [-0.25, -0.2) is 0 Å². The van der Waals surface area contributed by atoms with Gasteiger partial charge in [0.25, 0.3) is 0 Å². The summed E-state index contributed by atoms with van der Waals surface area (Å²) in [5.74, 6) is -0.0968. The molecule has 3 rings (SSSR count). The van der Waals surface area contributed by atoms with Gasteiger partial charge in [-0.05, 0) is 31.0 Å². The number of amides is 2. The zero-order valence-corrected chi connectivity index (χ0v) is 12.5. The van der Waals surface area contributed by atoms with Gasteiger partial charge in [-0.3, -0.25) is 14.5 Å². The van der Waals surface area contributed by atoms with Crippen molar-refractivity contribution in [2.24, 2.45) is 0 Å². The second kappa shape index (κ2) is 4.83. The van der Waals surface area contributed by atoms with Crippen molar-refractivity contribution in [1.82, 2.24) is 4.90 Å². The van der Waals surface area contributed by atoms with Crippen molar-refractivity contribution in [3.8, 4) is 0 Å². The maximum atomic E-state index is 12.2. The van der Waals surface area contributed by atoms with E-state index in [0.717, 1.165) is 22.2 Å². The van der Waals surface area contributed by atoms with E-state index in [2.05, 4.69) is 15.9 Å². The summed E-state index contributed by atoms with van der Waals surface area (Å²) in [6.45, 7) is 0. The van der Waals surface area contributed by atoms with Crippen LogP contribution in [0.5, 0.6) is 0 Å². The molecule has 1 atom stereocenters. The molecule has 2 fully saturated rings. The maximum Gasteiger partial charge on any atom is 0.243 e. The number of anilines is 1. The fourth-order valence-electron chi connectivity index (χ4n) is 2.21. The lowest BCUT2D eigenvalue weighted by Crippen LogP contribution is -2.33. The fraction of sp³-hybridized carbons (Fsp3) is 0.385. The summed E-state index contributed by atoms with van der Waals surface area (Å²) in [7, 11) is 0. The van der Waals surface area contributed by atoms with Gasteiger partial charge in [-0.1, -0.05) is 15.9 Å². The number of nitrogen functional groups attached to an aromatic ring is 1. The molecule has 4 nitrogen and oxygen atoms in total. The average molecular weight is 341 g/mol. The average Bonchev–Trinajstić information content (AvgIpc) is 3.12. The van der Waals surface area contributed by atoms with Gasteiger partial charge in [-0.2, -0.15) is 0 Å². The van der Waals surface area contributed by atoms with E-state index in [1.54, 1.807) is 0 Å². The number of benzene rings is 1. The zero-order chi connectivity index (χ0) is 13.6. The highest BCUT2D eigenvalue weighted by molar-refractivity contribution is 9.10. The van der Waals surface area contributed by atoms with Gasteiger partial charge < -0.3 is 5.73 Å². The molecule has 19 heavy (non-hydrogen) atoms. The zero-order valence-electron chi connectivity index (χ0n) is 10.1. The minimum atomic E-state index is -0.323. The fourth-order valence-corrected chi connectivity index (χ4v) is 3.68. The number of likely N-dealkylation sites (tertiary alicyclic amines) is 1. The molecule has 100 valence electrons. The third kappa shape index (κ3) is 2.51. The van der Waals surface area contributed by atoms with Crippen molar-refractivity contribution in [2.45, 2.75) is 35.4 Å². The summed E-state index contributed by atoms with van der Waals surface area (Å²) in [6, 6.07) is 5.73. The van der Waals surface area contributed by atoms with Gasteiger partial charge in [0.1, 0.15) is 0 Å². The van der Waals surface area contributed by atoms with Crippen LogP contribution in [0.3, 0.4) is 0 Å². The minimum absolute atomic E-state index is 0.0410. The highest BCUT2D eigenvalue weighted by Gasteiger charge is 2.46. The molecule has 2 aliphatic rings. The van der Waals surface area contributed by atoms with Gasteiger partial charge in [0, 0.05) is 27.5 Å². The summed E-state index contributed by atoms with van der Waals surface area (Å²) in [5.41, 5.74) is 6.55. The number of thioether (sulfide) groups is 1. The van der Waals surface area contributed by atoms with Crippen LogP contribution in [0.15, 0.2) is 27.6 Å². The summed E-state index contributed by atoms with van der Waals surface area (Å²) in [4.78, 5) is 26.4. The van der Waals surface area contributed by atoms with Crippen LogP contribution in [-0.4, -0.2) is 28.0 Å². The van der Waals surface area contributed by atoms with Crippen LogP contribution in [0, 0.1) is 0 Å². The van der Waals surface area contributed by atoms with Gasteiger partial charge in [0.15, 0.2) is 0 Å². The molecule has 2 amide bonds.